The van der Waals surface area contributed by atoms with E-state index >= 15 is 0 Å². The van der Waals surface area contributed by atoms with Gasteiger partial charge in [0.1, 0.15) is 0 Å². The fraction of sp³-hybridized carbons (Fsp3) is 0.333. The van der Waals surface area contributed by atoms with Crippen molar-refractivity contribution in [2.75, 3.05) is 18.5 Å². The molecule has 0 bridgehead atoms. The molecule has 0 radical (unpaired) electrons. The number of anilines is 1. The maximum Gasteiger partial charge on any atom is 0.160 e. The first kappa shape index (κ1) is 9.75. The van der Waals surface area contributed by atoms with Gasteiger partial charge in [-0.15, -0.1) is 11.3 Å². The van der Waals surface area contributed by atoms with Gasteiger partial charge in [0.05, 0.1) is 17.4 Å². The zero-order valence-electron chi connectivity index (χ0n) is 7.36. The standard InChI is InChI=1S/C9H10N2OS/c1-11(4-2-3-10)8-5-9(6-12)13-7-8/h5-7H,2,4H2,1H3. The van der Waals surface area contributed by atoms with Gasteiger partial charge in [-0.3, -0.25) is 4.79 Å². The monoisotopic (exact) mass is 194 g/mol. The van der Waals surface area contributed by atoms with Gasteiger partial charge >= 0.3 is 0 Å². The zero-order chi connectivity index (χ0) is 9.68. The van der Waals surface area contributed by atoms with Gasteiger partial charge in [-0.05, 0) is 6.07 Å². The molecule has 1 aromatic rings. The summed E-state index contributed by atoms with van der Waals surface area (Å²) in [6.45, 7) is 0.700. The first-order valence-corrected chi connectivity index (χ1v) is 4.77. The van der Waals surface area contributed by atoms with E-state index < -0.39 is 0 Å². The minimum atomic E-state index is 0.503. The van der Waals surface area contributed by atoms with Crippen molar-refractivity contribution in [3.05, 3.63) is 16.3 Å². The minimum absolute atomic E-state index is 0.503. The summed E-state index contributed by atoms with van der Waals surface area (Å²) in [5.41, 5.74) is 1.00. The second kappa shape index (κ2) is 4.63. The lowest BCUT2D eigenvalue weighted by atomic mass is 10.3. The SMILES string of the molecule is CN(CCC#N)c1csc(C=O)c1. The Hall–Kier alpha value is -1.34. The van der Waals surface area contributed by atoms with E-state index in [0.29, 0.717) is 13.0 Å². The number of hydrogen-bond acceptors (Lipinski definition) is 4. The van der Waals surface area contributed by atoms with Crippen molar-refractivity contribution in [1.29, 1.82) is 5.26 Å². The zero-order valence-corrected chi connectivity index (χ0v) is 8.17. The van der Waals surface area contributed by atoms with Gasteiger partial charge in [0.2, 0.25) is 0 Å². The van der Waals surface area contributed by atoms with Crippen LogP contribution in [0.4, 0.5) is 5.69 Å². The summed E-state index contributed by atoms with van der Waals surface area (Å²) in [6.07, 6.45) is 1.34. The van der Waals surface area contributed by atoms with E-state index in [9.17, 15) is 4.79 Å². The van der Waals surface area contributed by atoms with Crippen LogP contribution in [0.3, 0.4) is 0 Å². The summed E-state index contributed by atoms with van der Waals surface area (Å²) < 4.78 is 0. The van der Waals surface area contributed by atoms with Crippen molar-refractivity contribution in [2.45, 2.75) is 6.42 Å². The summed E-state index contributed by atoms with van der Waals surface area (Å²) in [5, 5.41) is 10.3. The predicted molar refractivity (Wildman–Crippen MR) is 53.2 cm³/mol. The smallest absolute Gasteiger partial charge is 0.160 e. The van der Waals surface area contributed by atoms with Crippen molar-refractivity contribution in [2.24, 2.45) is 0 Å². The number of hydrogen-bond donors (Lipinski definition) is 0. The Balaban J connectivity index is 2.61. The first-order chi connectivity index (χ1) is 6.27. The second-order valence-corrected chi connectivity index (χ2v) is 3.60. The highest BCUT2D eigenvalue weighted by Gasteiger charge is 2.03. The van der Waals surface area contributed by atoms with E-state index in [0.717, 1.165) is 16.9 Å². The third kappa shape index (κ3) is 2.56. The lowest BCUT2D eigenvalue weighted by Crippen LogP contribution is -2.17. The molecular weight excluding hydrogens is 184 g/mol. The summed E-state index contributed by atoms with van der Waals surface area (Å²) in [6, 6.07) is 3.91. The molecule has 0 aliphatic carbocycles. The highest BCUT2D eigenvalue weighted by molar-refractivity contribution is 7.12. The molecule has 1 rings (SSSR count). The molecule has 1 aromatic heterocycles. The van der Waals surface area contributed by atoms with Crippen LogP contribution in [0, 0.1) is 11.3 Å². The molecule has 3 nitrogen and oxygen atoms in total. The highest BCUT2D eigenvalue weighted by Crippen LogP contribution is 2.20. The van der Waals surface area contributed by atoms with Gasteiger partial charge in [-0.2, -0.15) is 5.26 Å². The Morgan fingerprint density at radius 2 is 2.54 bits per heavy atom. The molecule has 68 valence electrons. The summed E-state index contributed by atoms with van der Waals surface area (Å²) in [7, 11) is 1.91. The fourth-order valence-electron chi connectivity index (χ4n) is 0.951. The molecule has 0 aliphatic heterocycles. The van der Waals surface area contributed by atoms with Crippen LogP contribution in [0.25, 0.3) is 0 Å². The predicted octanol–water partition coefficient (Wildman–Crippen LogP) is 1.91. The largest absolute Gasteiger partial charge is 0.373 e. The quantitative estimate of drug-likeness (QED) is 0.688. The number of carbonyl (C=O) groups excluding carboxylic acids is 1. The highest BCUT2D eigenvalue weighted by atomic mass is 32.1. The summed E-state index contributed by atoms with van der Waals surface area (Å²) >= 11 is 1.42. The van der Waals surface area contributed by atoms with E-state index in [2.05, 4.69) is 6.07 Å². The van der Waals surface area contributed by atoms with Crippen LogP contribution in [-0.4, -0.2) is 19.9 Å². The minimum Gasteiger partial charge on any atom is -0.373 e. The van der Waals surface area contributed by atoms with Crippen molar-refractivity contribution < 1.29 is 4.79 Å². The van der Waals surface area contributed by atoms with Crippen molar-refractivity contribution in [3.8, 4) is 6.07 Å². The number of thiophene rings is 1. The Morgan fingerprint density at radius 3 is 3.08 bits per heavy atom. The van der Waals surface area contributed by atoms with E-state index in [1.165, 1.54) is 11.3 Å². The van der Waals surface area contributed by atoms with E-state index in [-0.39, 0.29) is 0 Å². The number of nitriles is 1. The van der Waals surface area contributed by atoms with Gasteiger partial charge in [0.25, 0.3) is 0 Å². The van der Waals surface area contributed by atoms with Crippen LogP contribution >= 0.6 is 11.3 Å². The molecule has 0 spiro atoms. The summed E-state index contributed by atoms with van der Waals surface area (Å²) in [5.74, 6) is 0. The molecule has 0 N–H and O–H groups in total. The molecule has 0 atom stereocenters. The normalized spacial score (nSPS) is 9.23. The summed E-state index contributed by atoms with van der Waals surface area (Å²) in [4.78, 5) is 13.1. The lowest BCUT2D eigenvalue weighted by Gasteiger charge is -2.14. The average Bonchev–Trinajstić information content (AvgIpc) is 2.62. The Kier molecular flexibility index (Phi) is 3.47. The molecular formula is C9H10N2OS. The van der Waals surface area contributed by atoms with E-state index in [4.69, 9.17) is 5.26 Å². The number of carbonyl (C=O) groups is 1. The average molecular weight is 194 g/mol. The van der Waals surface area contributed by atoms with E-state index in [1.807, 2.05) is 23.4 Å². The van der Waals surface area contributed by atoms with Crippen molar-refractivity contribution in [3.63, 3.8) is 0 Å². The third-order valence-corrected chi connectivity index (χ3v) is 2.57. The number of nitrogens with zero attached hydrogens (tertiary/aromatic N) is 2. The van der Waals surface area contributed by atoms with Crippen molar-refractivity contribution in [1.82, 2.24) is 0 Å². The van der Waals surface area contributed by atoms with Crippen LogP contribution in [0.5, 0.6) is 0 Å². The van der Waals surface area contributed by atoms with Gasteiger partial charge in [-0.25, -0.2) is 0 Å². The van der Waals surface area contributed by atoms with E-state index in [1.54, 1.807) is 0 Å². The molecule has 0 saturated heterocycles. The maximum atomic E-state index is 10.4. The molecule has 4 heteroatoms. The molecule has 0 unspecified atom stereocenters. The molecule has 1 heterocycles. The molecule has 0 aliphatic rings. The molecule has 0 fully saturated rings. The molecule has 0 aromatic carbocycles. The topological polar surface area (TPSA) is 44.1 Å². The van der Waals surface area contributed by atoms with Crippen LogP contribution in [0.15, 0.2) is 11.4 Å². The Labute approximate surface area is 81.2 Å². The van der Waals surface area contributed by atoms with Gasteiger partial charge in [0, 0.05) is 24.7 Å². The first-order valence-electron chi connectivity index (χ1n) is 3.89. The second-order valence-electron chi connectivity index (χ2n) is 2.65. The number of aldehydes is 1. The van der Waals surface area contributed by atoms with Crippen LogP contribution in [0.2, 0.25) is 0 Å². The molecule has 0 saturated carbocycles. The van der Waals surface area contributed by atoms with Gasteiger partial charge in [-0.1, -0.05) is 0 Å². The Bertz CT molecular complexity index is 327. The van der Waals surface area contributed by atoms with Crippen LogP contribution in [0.1, 0.15) is 16.1 Å². The Morgan fingerprint density at radius 1 is 1.77 bits per heavy atom. The van der Waals surface area contributed by atoms with Crippen LogP contribution in [-0.2, 0) is 0 Å². The van der Waals surface area contributed by atoms with Gasteiger partial charge in [0.15, 0.2) is 6.29 Å². The molecule has 0 amide bonds. The van der Waals surface area contributed by atoms with Crippen LogP contribution < -0.4 is 4.90 Å². The molecule has 13 heavy (non-hydrogen) atoms. The van der Waals surface area contributed by atoms with Gasteiger partial charge < -0.3 is 4.90 Å². The number of rotatable bonds is 4. The fourth-order valence-corrected chi connectivity index (χ4v) is 1.70. The van der Waals surface area contributed by atoms with Crippen molar-refractivity contribution >= 4 is 23.3 Å². The lowest BCUT2D eigenvalue weighted by molar-refractivity contribution is 0.112. The maximum absolute atomic E-state index is 10.4. The third-order valence-electron chi connectivity index (χ3n) is 1.72.